The van der Waals surface area contributed by atoms with Crippen LogP contribution < -0.4 is 10.6 Å². The summed E-state index contributed by atoms with van der Waals surface area (Å²) in [5.41, 5.74) is 0. The van der Waals surface area contributed by atoms with Crippen molar-refractivity contribution >= 4 is 12.0 Å². The lowest BCUT2D eigenvalue weighted by Crippen LogP contribution is -2.51. The number of nitrogens with one attached hydrogen (secondary N) is 2. The average molecular weight is 254 g/mol. The largest absolute Gasteiger partial charge is 0.480 e. The van der Waals surface area contributed by atoms with Crippen molar-refractivity contribution in [2.24, 2.45) is 5.92 Å². The van der Waals surface area contributed by atoms with Gasteiger partial charge >= 0.3 is 12.0 Å². The highest BCUT2D eigenvalue weighted by Gasteiger charge is 2.25. The molecule has 0 aromatic carbocycles. The van der Waals surface area contributed by atoms with Gasteiger partial charge < -0.3 is 15.7 Å². The Morgan fingerprint density at radius 1 is 1.33 bits per heavy atom. The molecule has 0 aliphatic rings. The van der Waals surface area contributed by atoms with Gasteiger partial charge in [0.1, 0.15) is 6.04 Å². The van der Waals surface area contributed by atoms with Gasteiger partial charge in [0, 0.05) is 0 Å². The molecule has 0 radical (unpaired) electrons. The van der Waals surface area contributed by atoms with E-state index >= 15 is 0 Å². The second kappa shape index (κ2) is 8.40. The molecule has 0 rings (SSSR count). The number of carbonyl (C=O) groups excluding carboxylic acids is 1. The van der Waals surface area contributed by atoms with Gasteiger partial charge in [-0.15, -0.1) is 6.42 Å². The fourth-order valence-electron chi connectivity index (χ4n) is 1.51. The highest BCUT2D eigenvalue weighted by atomic mass is 16.4. The highest BCUT2D eigenvalue weighted by molar-refractivity contribution is 5.83. The summed E-state index contributed by atoms with van der Waals surface area (Å²) in [7, 11) is 0. The normalized spacial score (nSPS) is 15.0. The van der Waals surface area contributed by atoms with Gasteiger partial charge in [-0.1, -0.05) is 39.5 Å². The van der Waals surface area contributed by atoms with E-state index in [1.807, 2.05) is 13.8 Å². The van der Waals surface area contributed by atoms with Crippen LogP contribution in [0.4, 0.5) is 4.79 Å². The third kappa shape index (κ3) is 5.58. The van der Waals surface area contributed by atoms with Crippen molar-refractivity contribution < 1.29 is 14.7 Å². The number of terminal acetylenes is 1. The Hall–Kier alpha value is -1.70. The maximum Gasteiger partial charge on any atom is 0.326 e. The Morgan fingerprint density at radius 2 is 1.94 bits per heavy atom. The lowest BCUT2D eigenvalue weighted by Gasteiger charge is -2.21. The zero-order valence-corrected chi connectivity index (χ0v) is 11.2. The van der Waals surface area contributed by atoms with E-state index in [1.54, 1.807) is 6.92 Å². The first-order chi connectivity index (χ1) is 8.46. The smallest absolute Gasteiger partial charge is 0.326 e. The maximum atomic E-state index is 11.6. The van der Waals surface area contributed by atoms with Crippen LogP contribution in [0.15, 0.2) is 0 Å². The minimum atomic E-state index is -1.03. The number of carbonyl (C=O) groups is 2. The molecule has 1 unspecified atom stereocenters. The number of hydrogen-bond donors (Lipinski definition) is 3. The SMILES string of the molecule is C#CC(CCC)NC(=O)N[C@H](C(=O)O)[C@@H](C)CC. The number of aliphatic carboxylic acids is 1. The van der Waals surface area contributed by atoms with Crippen molar-refractivity contribution in [3.63, 3.8) is 0 Å². The fourth-order valence-corrected chi connectivity index (χ4v) is 1.51. The van der Waals surface area contributed by atoms with E-state index in [4.69, 9.17) is 11.5 Å². The van der Waals surface area contributed by atoms with Crippen LogP contribution in [0.3, 0.4) is 0 Å². The van der Waals surface area contributed by atoms with Gasteiger partial charge in [0.2, 0.25) is 0 Å². The summed E-state index contributed by atoms with van der Waals surface area (Å²) in [6.45, 7) is 5.62. The van der Waals surface area contributed by atoms with Crippen LogP contribution in [0.5, 0.6) is 0 Å². The first kappa shape index (κ1) is 16.3. The van der Waals surface area contributed by atoms with Crippen molar-refractivity contribution in [3.8, 4) is 12.3 Å². The van der Waals surface area contributed by atoms with Gasteiger partial charge in [0.15, 0.2) is 0 Å². The van der Waals surface area contributed by atoms with Gasteiger partial charge in [0.05, 0.1) is 6.04 Å². The summed E-state index contributed by atoms with van der Waals surface area (Å²) in [5, 5.41) is 14.1. The number of hydrogen-bond acceptors (Lipinski definition) is 2. The zero-order valence-electron chi connectivity index (χ0n) is 11.2. The first-order valence-electron chi connectivity index (χ1n) is 6.22. The molecule has 0 aliphatic carbocycles. The van der Waals surface area contributed by atoms with E-state index in [9.17, 15) is 9.59 Å². The van der Waals surface area contributed by atoms with Gasteiger partial charge in [-0.05, 0) is 12.3 Å². The molecule has 0 aromatic heterocycles. The number of carboxylic acid groups (broad SMARTS) is 1. The van der Waals surface area contributed by atoms with Gasteiger partial charge in [-0.2, -0.15) is 0 Å². The molecule has 0 fully saturated rings. The molecule has 102 valence electrons. The lowest BCUT2D eigenvalue weighted by molar-refractivity contribution is -0.140. The van der Waals surface area contributed by atoms with Crippen molar-refractivity contribution in [2.45, 2.75) is 52.1 Å². The second-order valence-corrected chi connectivity index (χ2v) is 4.33. The summed E-state index contributed by atoms with van der Waals surface area (Å²) in [5.74, 6) is 1.29. The Kier molecular flexibility index (Phi) is 7.61. The fraction of sp³-hybridized carbons (Fsp3) is 0.692. The predicted octanol–water partition coefficient (Wildman–Crippen LogP) is 1.59. The Morgan fingerprint density at radius 3 is 2.33 bits per heavy atom. The zero-order chi connectivity index (χ0) is 14.1. The molecule has 0 saturated carbocycles. The van der Waals surface area contributed by atoms with Crippen LogP contribution in [0.1, 0.15) is 40.0 Å². The van der Waals surface area contributed by atoms with E-state index < -0.39 is 18.0 Å². The Labute approximate surface area is 108 Å². The molecule has 3 atom stereocenters. The standard InChI is InChI=1S/C13H22N2O3/c1-5-8-10(7-3)14-13(18)15-11(12(16)17)9(4)6-2/h3,9-11H,5-6,8H2,1-2,4H3,(H,16,17)(H2,14,15,18)/t9-,10?,11-/m0/s1. The molecule has 0 aliphatic heterocycles. The molecule has 2 amide bonds. The highest BCUT2D eigenvalue weighted by Crippen LogP contribution is 2.07. The van der Waals surface area contributed by atoms with Gasteiger partial charge in [-0.25, -0.2) is 9.59 Å². The van der Waals surface area contributed by atoms with E-state index in [2.05, 4.69) is 16.6 Å². The topological polar surface area (TPSA) is 78.4 Å². The van der Waals surface area contributed by atoms with E-state index in [0.717, 1.165) is 6.42 Å². The summed E-state index contributed by atoms with van der Waals surface area (Å²) < 4.78 is 0. The summed E-state index contributed by atoms with van der Waals surface area (Å²) >= 11 is 0. The molecule has 5 nitrogen and oxygen atoms in total. The molecular weight excluding hydrogens is 232 g/mol. The van der Waals surface area contributed by atoms with E-state index in [1.165, 1.54) is 0 Å². The monoisotopic (exact) mass is 254 g/mol. The van der Waals surface area contributed by atoms with Gasteiger partial charge in [-0.3, -0.25) is 0 Å². The van der Waals surface area contributed by atoms with Crippen LogP contribution in [0, 0.1) is 18.3 Å². The maximum absolute atomic E-state index is 11.6. The molecular formula is C13H22N2O3. The van der Waals surface area contributed by atoms with Crippen molar-refractivity contribution in [3.05, 3.63) is 0 Å². The Balaban J connectivity index is 4.43. The van der Waals surface area contributed by atoms with E-state index in [-0.39, 0.29) is 12.0 Å². The average Bonchev–Trinajstić information content (AvgIpc) is 2.34. The summed E-state index contributed by atoms with van der Waals surface area (Å²) in [6.07, 6.45) is 7.47. The molecule has 0 saturated heterocycles. The lowest BCUT2D eigenvalue weighted by atomic mass is 9.99. The minimum absolute atomic E-state index is 0.135. The number of carboxylic acids is 1. The molecule has 0 aromatic rings. The quantitative estimate of drug-likeness (QED) is 0.604. The van der Waals surface area contributed by atoms with Crippen LogP contribution in [0.2, 0.25) is 0 Å². The van der Waals surface area contributed by atoms with Crippen LogP contribution in [0.25, 0.3) is 0 Å². The number of urea groups is 1. The molecule has 0 spiro atoms. The molecule has 3 N–H and O–H groups in total. The third-order valence-electron chi connectivity index (χ3n) is 2.85. The van der Waals surface area contributed by atoms with Crippen LogP contribution in [-0.4, -0.2) is 29.2 Å². The summed E-state index contributed by atoms with van der Waals surface area (Å²) in [6, 6.07) is -1.78. The molecule has 18 heavy (non-hydrogen) atoms. The Bertz CT molecular complexity index is 323. The number of rotatable bonds is 7. The van der Waals surface area contributed by atoms with Crippen molar-refractivity contribution in [1.29, 1.82) is 0 Å². The van der Waals surface area contributed by atoms with Crippen molar-refractivity contribution in [2.75, 3.05) is 0 Å². The third-order valence-corrected chi connectivity index (χ3v) is 2.85. The molecule has 0 bridgehead atoms. The van der Waals surface area contributed by atoms with Gasteiger partial charge in [0.25, 0.3) is 0 Å². The molecule has 5 heteroatoms. The summed E-state index contributed by atoms with van der Waals surface area (Å²) in [4.78, 5) is 22.7. The number of amides is 2. The van der Waals surface area contributed by atoms with Crippen molar-refractivity contribution in [1.82, 2.24) is 10.6 Å². The molecule has 0 heterocycles. The first-order valence-corrected chi connectivity index (χ1v) is 6.22. The van der Waals surface area contributed by atoms with E-state index in [0.29, 0.717) is 12.8 Å². The second-order valence-electron chi connectivity index (χ2n) is 4.33. The van der Waals surface area contributed by atoms with Crippen LogP contribution >= 0.6 is 0 Å². The minimum Gasteiger partial charge on any atom is -0.480 e. The predicted molar refractivity (Wildman–Crippen MR) is 70.1 cm³/mol. The van der Waals surface area contributed by atoms with Crippen LogP contribution in [-0.2, 0) is 4.79 Å².